The Bertz CT molecular complexity index is 637. The summed E-state index contributed by atoms with van der Waals surface area (Å²) in [7, 11) is 0. The van der Waals surface area contributed by atoms with Crippen molar-refractivity contribution in [2.75, 3.05) is 5.32 Å². The molecule has 0 aliphatic rings. The first-order chi connectivity index (χ1) is 8.97. The Morgan fingerprint density at radius 3 is 2.37 bits per heavy atom. The zero-order valence-corrected chi connectivity index (χ0v) is 10.2. The Morgan fingerprint density at radius 1 is 1.00 bits per heavy atom. The molecule has 98 valence electrons. The van der Waals surface area contributed by atoms with E-state index in [1.165, 1.54) is 18.2 Å². The monoisotopic (exact) mass is 259 g/mol. The van der Waals surface area contributed by atoms with Crippen LogP contribution in [0, 0.1) is 6.92 Å². The van der Waals surface area contributed by atoms with Gasteiger partial charge in [-0.25, -0.2) is 0 Å². The Balaban J connectivity index is 2.23. The molecule has 0 saturated carbocycles. The van der Waals surface area contributed by atoms with Crippen LogP contribution in [0.15, 0.2) is 36.4 Å². The Morgan fingerprint density at radius 2 is 1.74 bits per heavy atom. The number of hydrogen-bond acceptors (Lipinski definition) is 4. The average molecular weight is 259 g/mol. The molecule has 0 aromatic heterocycles. The first kappa shape index (κ1) is 12.8. The fraction of sp³-hybridized carbons (Fsp3) is 0.0714. The van der Waals surface area contributed by atoms with Crippen LogP contribution in [0.1, 0.15) is 15.9 Å². The first-order valence-corrected chi connectivity index (χ1v) is 5.60. The van der Waals surface area contributed by atoms with E-state index in [1.807, 2.05) is 0 Å². The van der Waals surface area contributed by atoms with Crippen LogP contribution < -0.4 is 5.32 Å². The van der Waals surface area contributed by atoms with Crippen molar-refractivity contribution in [3.63, 3.8) is 0 Å². The summed E-state index contributed by atoms with van der Waals surface area (Å²) in [6.07, 6.45) is 0. The number of benzene rings is 2. The zero-order valence-electron chi connectivity index (χ0n) is 10.2. The van der Waals surface area contributed by atoms with E-state index in [9.17, 15) is 15.0 Å². The smallest absolute Gasteiger partial charge is 0.259 e. The molecule has 0 bridgehead atoms. The van der Waals surface area contributed by atoms with Gasteiger partial charge in [-0.2, -0.15) is 0 Å². The number of carbonyl (C=O) groups excluding carboxylic acids is 1. The lowest BCUT2D eigenvalue weighted by molar-refractivity contribution is 0.102. The molecule has 4 N–H and O–H groups in total. The quantitative estimate of drug-likeness (QED) is 0.666. The van der Waals surface area contributed by atoms with Crippen LogP contribution in [0.5, 0.6) is 17.2 Å². The lowest BCUT2D eigenvalue weighted by atomic mass is 10.1. The van der Waals surface area contributed by atoms with Crippen molar-refractivity contribution in [1.82, 2.24) is 0 Å². The van der Waals surface area contributed by atoms with Gasteiger partial charge >= 0.3 is 0 Å². The number of phenols is 3. The van der Waals surface area contributed by atoms with Gasteiger partial charge in [0.1, 0.15) is 17.2 Å². The highest BCUT2D eigenvalue weighted by Gasteiger charge is 2.12. The molecule has 0 saturated heterocycles. The molecule has 5 nitrogen and oxygen atoms in total. The number of aromatic hydroxyl groups is 3. The Labute approximate surface area is 109 Å². The molecule has 0 atom stereocenters. The van der Waals surface area contributed by atoms with Crippen molar-refractivity contribution in [1.29, 1.82) is 0 Å². The summed E-state index contributed by atoms with van der Waals surface area (Å²) in [6, 6.07) is 8.44. The van der Waals surface area contributed by atoms with Crippen molar-refractivity contribution in [2.24, 2.45) is 0 Å². The molecular formula is C14H13NO4. The number of nitrogens with one attached hydrogen (secondary N) is 1. The summed E-state index contributed by atoms with van der Waals surface area (Å²) >= 11 is 0. The minimum Gasteiger partial charge on any atom is -0.508 e. The fourth-order valence-corrected chi connectivity index (χ4v) is 1.60. The molecule has 2 aromatic rings. The van der Waals surface area contributed by atoms with Crippen molar-refractivity contribution >= 4 is 11.6 Å². The van der Waals surface area contributed by atoms with Crippen molar-refractivity contribution in [3.05, 3.63) is 47.5 Å². The van der Waals surface area contributed by atoms with Crippen LogP contribution in [0.3, 0.4) is 0 Å². The van der Waals surface area contributed by atoms with Gasteiger partial charge in [0, 0.05) is 17.8 Å². The second-order valence-corrected chi connectivity index (χ2v) is 4.16. The van der Waals surface area contributed by atoms with Crippen molar-refractivity contribution in [3.8, 4) is 17.2 Å². The predicted molar refractivity (Wildman–Crippen MR) is 70.6 cm³/mol. The van der Waals surface area contributed by atoms with E-state index in [-0.39, 0.29) is 22.8 Å². The highest BCUT2D eigenvalue weighted by molar-refractivity contribution is 6.06. The van der Waals surface area contributed by atoms with Gasteiger partial charge in [0.2, 0.25) is 0 Å². The summed E-state index contributed by atoms with van der Waals surface area (Å²) in [5.74, 6) is -0.885. The number of aryl methyl sites for hydroxylation is 1. The summed E-state index contributed by atoms with van der Waals surface area (Å²) in [5.41, 5.74) is 1.16. The summed E-state index contributed by atoms with van der Waals surface area (Å²) in [4.78, 5) is 11.9. The van der Waals surface area contributed by atoms with E-state index < -0.39 is 5.91 Å². The fourth-order valence-electron chi connectivity index (χ4n) is 1.60. The standard InChI is InChI=1S/C14H13NO4/c1-8-2-3-9(6-12(8)17)15-14(19)11-5-4-10(16)7-13(11)18/h2-7,16-18H,1H3,(H,15,19). The van der Waals surface area contributed by atoms with Crippen LogP contribution >= 0.6 is 0 Å². The third kappa shape index (κ3) is 2.77. The molecule has 0 spiro atoms. The van der Waals surface area contributed by atoms with Crippen LogP contribution in [0.25, 0.3) is 0 Å². The SMILES string of the molecule is Cc1ccc(NC(=O)c2ccc(O)cc2O)cc1O. The topological polar surface area (TPSA) is 89.8 Å². The normalized spacial score (nSPS) is 10.2. The van der Waals surface area contributed by atoms with Gasteiger partial charge in [-0.05, 0) is 30.7 Å². The van der Waals surface area contributed by atoms with Crippen molar-refractivity contribution < 1.29 is 20.1 Å². The summed E-state index contributed by atoms with van der Waals surface area (Å²) in [6.45, 7) is 1.74. The van der Waals surface area contributed by atoms with Gasteiger partial charge in [-0.3, -0.25) is 4.79 Å². The lowest BCUT2D eigenvalue weighted by Crippen LogP contribution is -2.11. The lowest BCUT2D eigenvalue weighted by Gasteiger charge is -2.08. The van der Waals surface area contributed by atoms with Gasteiger partial charge in [-0.1, -0.05) is 6.07 Å². The van der Waals surface area contributed by atoms with Gasteiger partial charge in [0.05, 0.1) is 5.56 Å². The maximum absolute atomic E-state index is 11.9. The highest BCUT2D eigenvalue weighted by Crippen LogP contribution is 2.25. The number of anilines is 1. The third-order valence-electron chi connectivity index (χ3n) is 2.69. The molecule has 1 amide bonds. The third-order valence-corrected chi connectivity index (χ3v) is 2.69. The molecule has 19 heavy (non-hydrogen) atoms. The van der Waals surface area contributed by atoms with E-state index in [0.29, 0.717) is 11.3 Å². The molecule has 0 unspecified atom stereocenters. The number of phenolic OH excluding ortho intramolecular Hbond substituents is 3. The van der Waals surface area contributed by atoms with E-state index in [2.05, 4.69) is 5.32 Å². The second kappa shape index (κ2) is 4.89. The van der Waals surface area contributed by atoms with E-state index in [4.69, 9.17) is 5.11 Å². The number of carbonyl (C=O) groups is 1. The minimum absolute atomic E-state index is 0.0397. The molecular weight excluding hydrogens is 246 g/mol. The van der Waals surface area contributed by atoms with Gasteiger partial charge < -0.3 is 20.6 Å². The second-order valence-electron chi connectivity index (χ2n) is 4.16. The average Bonchev–Trinajstić information content (AvgIpc) is 2.33. The zero-order chi connectivity index (χ0) is 14.0. The molecule has 0 aliphatic carbocycles. The summed E-state index contributed by atoms with van der Waals surface area (Å²) in [5, 5.41) is 30.8. The molecule has 0 heterocycles. The van der Waals surface area contributed by atoms with Gasteiger partial charge in [0.25, 0.3) is 5.91 Å². The van der Waals surface area contributed by atoms with E-state index in [1.54, 1.807) is 19.1 Å². The number of hydrogen-bond donors (Lipinski definition) is 4. The molecule has 0 aliphatic heterocycles. The molecule has 2 rings (SSSR count). The summed E-state index contributed by atoms with van der Waals surface area (Å²) < 4.78 is 0. The molecule has 0 fully saturated rings. The Kier molecular flexibility index (Phi) is 3.29. The minimum atomic E-state index is -0.527. The van der Waals surface area contributed by atoms with Gasteiger partial charge in [0.15, 0.2) is 0 Å². The van der Waals surface area contributed by atoms with Crippen molar-refractivity contribution in [2.45, 2.75) is 6.92 Å². The number of rotatable bonds is 2. The maximum Gasteiger partial charge on any atom is 0.259 e. The largest absolute Gasteiger partial charge is 0.508 e. The van der Waals surface area contributed by atoms with Crippen LogP contribution in [0.4, 0.5) is 5.69 Å². The molecule has 2 aromatic carbocycles. The van der Waals surface area contributed by atoms with Gasteiger partial charge in [-0.15, -0.1) is 0 Å². The Hall–Kier alpha value is -2.69. The van der Waals surface area contributed by atoms with E-state index in [0.717, 1.165) is 6.07 Å². The first-order valence-electron chi connectivity index (χ1n) is 5.60. The van der Waals surface area contributed by atoms with Crippen LogP contribution in [0.2, 0.25) is 0 Å². The molecule has 0 radical (unpaired) electrons. The maximum atomic E-state index is 11.9. The molecule has 5 heteroatoms. The predicted octanol–water partition coefficient (Wildman–Crippen LogP) is 2.36. The highest BCUT2D eigenvalue weighted by atomic mass is 16.3. The van der Waals surface area contributed by atoms with Crippen LogP contribution in [-0.2, 0) is 0 Å². The van der Waals surface area contributed by atoms with E-state index >= 15 is 0 Å². The number of amides is 1. The van der Waals surface area contributed by atoms with Crippen LogP contribution in [-0.4, -0.2) is 21.2 Å².